The Bertz CT molecular complexity index is 841. The molecular formula is C18H19N3OS. The fraction of sp³-hybridized carbons (Fsp3) is 0.222. The van der Waals surface area contributed by atoms with E-state index in [0.717, 1.165) is 33.9 Å². The van der Waals surface area contributed by atoms with Crippen LogP contribution in [0.15, 0.2) is 53.7 Å². The molecule has 0 saturated heterocycles. The van der Waals surface area contributed by atoms with Crippen LogP contribution in [0, 0.1) is 0 Å². The van der Waals surface area contributed by atoms with E-state index in [9.17, 15) is 4.79 Å². The van der Waals surface area contributed by atoms with E-state index in [-0.39, 0.29) is 5.91 Å². The molecule has 0 atom stereocenters. The number of carbonyl (C=O) groups excluding carboxylic acids is 1. The SMILES string of the molecule is CCc1ccccc1NC(=O)CSc1nc2ccccc2n1C. The number of aromatic nitrogens is 2. The number of thioether (sulfide) groups is 1. The van der Waals surface area contributed by atoms with Gasteiger partial charge in [-0.3, -0.25) is 4.79 Å². The Hall–Kier alpha value is -2.27. The topological polar surface area (TPSA) is 46.9 Å². The summed E-state index contributed by atoms with van der Waals surface area (Å²) in [7, 11) is 1.97. The minimum atomic E-state index is -0.0112. The number of para-hydroxylation sites is 3. The number of nitrogens with zero attached hydrogens (tertiary/aromatic N) is 2. The zero-order chi connectivity index (χ0) is 16.2. The molecule has 1 amide bonds. The van der Waals surface area contributed by atoms with Crippen molar-refractivity contribution in [3.8, 4) is 0 Å². The number of aryl methyl sites for hydroxylation is 2. The van der Waals surface area contributed by atoms with E-state index in [1.807, 2.05) is 60.1 Å². The second kappa shape index (κ2) is 6.87. The summed E-state index contributed by atoms with van der Waals surface area (Å²) in [6.07, 6.45) is 0.897. The molecule has 0 aliphatic carbocycles. The molecule has 118 valence electrons. The van der Waals surface area contributed by atoms with Gasteiger partial charge in [-0.25, -0.2) is 4.98 Å². The number of imidazole rings is 1. The number of fused-ring (bicyclic) bond motifs is 1. The van der Waals surface area contributed by atoms with E-state index in [1.54, 1.807) is 0 Å². The van der Waals surface area contributed by atoms with Crippen molar-refractivity contribution in [3.63, 3.8) is 0 Å². The zero-order valence-corrected chi connectivity index (χ0v) is 14.1. The van der Waals surface area contributed by atoms with Crippen molar-refractivity contribution in [2.24, 2.45) is 7.05 Å². The molecule has 4 nitrogen and oxygen atoms in total. The lowest BCUT2D eigenvalue weighted by molar-refractivity contribution is -0.113. The average molecular weight is 325 g/mol. The molecule has 0 spiro atoms. The van der Waals surface area contributed by atoms with Crippen LogP contribution in [0.3, 0.4) is 0 Å². The molecule has 3 rings (SSSR count). The third kappa shape index (κ3) is 3.40. The predicted octanol–water partition coefficient (Wildman–Crippen LogP) is 3.87. The quantitative estimate of drug-likeness (QED) is 0.725. The second-order valence-corrected chi connectivity index (χ2v) is 6.23. The van der Waals surface area contributed by atoms with Gasteiger partial charge in [0.1, 0.15) is 0 Å². The third-order valence-electron chi connectivity index (χ3n) is 3.75. The smallest absolute Gasteiger partial charge is 0.234 e. The molecular weight excluding hydrogens is 306 g/mol. The van der Waals surface area contributed by atoms with Gasteiger partial charge in [0.25, 0.3) is 0 Å². The normalized spacial score (nSPS) is 10.9. The molecule has 0 fully saturated rings. The van der Waals surface area contributed by atoms with E-state index < -0.39 is 0 Å². The molecule has 23 heavy (non-hydrogen) atoms. The first-order valence-corrected chi connectivity index (χ1v) is 8.59. The maximum atomic E-state index is 12.2. The number of hydrogen-bond acceptors (Lipinski definition) is 3. The Morgan fingerprint density at radius 3 is 2.70 bits per heavy atom. The van der Waals surface area contributed by atoms with Gasteiger partial charge < -0.3 is 9.88 Å². The highest BCUT2D eigenvalue weighted by atomic mass is 32.2. The number of anilines is 1. The fourth-order valence-electron chi connectivity index (χ4n) is 2.52. The molecule has 0 aliphatic heterocycles. The van der Waals surface area contributed by atoms with Gasteiger partial charge in [0.05, 0.1) is 16.8 Å². The number of carbonyl (C=O) groups is 1. The maximum Gasteiger partial charge on any atom is 0.234 e. The van der Waals surface area contributed by atoms with E-state index >= 15 is 0 Å². The van der Waals surface area contributed by atoms with Crippen LogP contribution in [-0.4, -0.2) is 21.2 Å². The van der Waals surface area contributed by atoms with Crippen LogP contribution in [-0.2, 0) is 18.3 Å². The number of benzene rings is 2. The Labute approximate surface area is 139 Å². The molecule has 0 saturated carbocycles. The van der Waals surface area contributed by atoms with Crippen LogP contribution in [0.5, 0.6) is 0 Å². The number of rotatable bonds is 5. The van der Waals surface area contributed by atoms with Crippen LogP contribution in [0.25, 0.3) is 11.0 Å². The molecule has 0 aliphatic rings. The molecule has 1 N–H and O–H groups in total. The van der Waals surface area contributed by atoms with E-state index in [1.165, 1.54) is 11.8 Å². The van der Waals surface area contributed by atoms with Crippen molar-refractivity contribution < 1.29 is 4.79 Å². The Morgan fingerprint density at radius 2 is 1.91 bits per heavy atom. The minimum absolute atomic E-state index is 0.0112. The average Bonchev–Trinajstić information content (AvgIpc) is 2.90. The van der Waals surface area contributed by atoms with Crippen molar-refractivity contribution in [3.05, 3.63) is 54.1 Å². The van der Waals surface area contributed by atoms with Gasteiger partial charge in [-0.2, -0.15) is 0 Å². The first kappa shape index (κ1) is 15.6. The summed E-state index contributed by atoms with van der Waals surface area (Å²) in [5, 5.41) is 3.84. The molecule has 5 heteroatoms. The fourth-order valence-corrected chi connectivity index (χ4v) is 3.31. The number of hydrogen-bond donors (Lipinski definition) is 1. The van der Waals surface area contributed by atoms with Gasteiger partial charge in [-0.15, -0.1) is 0 Å². The van der Waals surface area contributed by atoms with Gasteiger partial charge in [0.2, 0.25) is 5.91 Å². The monoisotopic (exact) mass is 325 g/mol. The van der Waals surface area contributed by atoms with Crippen molar-refractivity contribution in [2.75, 3.05) is 11.1 Å². The summed E-state index contributed by atoms with van der Waals surface area (Å²) in [6.45, 7) is 2.08. The van der Waals surface area contributed by atoms with Crippen LogP contribution in [0.2, 0.25) is 0 Å². The predicted molar refractivity (Wildman–Crippen MR) is 95.9 cm³/mol. The second-order valence-electron chi connectivity index (χ2n) is 5.29. The van der Waals surface area contributed by atoms with E-state index in [0.29, 0.717) is 5.75 Å². The van der Waals surface area contributed by atoms with Crippen LogP contribution >= 0.6 is 11.8 Å². The highest BCUT2D eigenvalue weighted by Gasteiger charge is 2.11. The molecule has 3 aromatic rings. The van der Waals surface area contributed by atoms with Crippen molar-refractivity contribution in [2.45, 2.75) is 18.5 Å². The van der Waals surface area contributed by atoms with Crippen LogP contribution < -0.4 is 5.32 Å². The van der Waals surface area contributed by atoms with Gasteiger partial charge in [-0.05, 0) is 30.2 Å². The summed E-state index contributed by atoms with van der Waals surface area (Å²) in [4.78, 5) is 16.8. The van der Waals surface area contributed by atoms with Crippen molar-refractivity contribution in [1.82, 2.24) is 9.55 Å². The third-order valence-corrected chi connectivity index (χ3v) is 4.78. The zero-order valence-electron chi connectivity index (χ0n) is 13.2. The summed E-state index contributed by atoms with van der Waals surface area (Å²) >= 11 is 1.45. The van der Waals surface area contributed by atoms with E-state index in [2.05, 4.69) is 17.2 Å². The Morgan fingerprint density at radius 1 is 1.17 bits per heavy atom. The van der Waals surface area contributed by atoms with E-state index in [4.69, 9.17) is 0 Å². The Balaban J connectivity index is 1.67. The minimum Gasteiger partial charge on any atom is -0.325 e. The lowest BCUT2D eigenvalue weighted by atomic mass is 10.1. The lowest BCUT2D eigenvalue weighted by Gasteiger charge is -2.09. The van der Waals surface area contributed by atoms with Gasteiger partial charge in [0, 0.05) is 12.7 Å². The standard InChI is InChI=1S/C18H19N3OS/c1-3-13-8-4-5-9-14(13)19-17(22)12-23-18-20-15-10-6-7-11-16(15)21(18)2/h4-11H,3,12H2,1-2H3,(H,19,22). The lowest BCUT2D eigenvalue weighted by Crippen LogP contribution is -2.15. The molecule has 2 aromatic carbocycles. The van der Waals surface area contributed by atoms with Crippen molar-refractivity contribution >= 4 is 34.4 Å². The van der Waals surface area contributed by atoms with Crippen LogP contribution in [0.1, 0.15) is 12.5 Å². The first-order valence-electron chi connectivity index (χ1n) is 7.61. The summed E-state index contributed by atoms with van der Waals surface area (Å²) < 4.78 is 2.02. The largest absolute Gasteiger partial charge is 0.325 e. The highest BCUT2D eigenvalue weighted by Crippen LogP contribution is 2.23. The summed E-state index contributed by atoms with van der Waals surface area (Å²) in [5.74, 6) is 0.331. The molecule has 0 bridgehead atoms. The molecule has 1 heterocycles. The number of amides is 1. The molecule has 0 unspecified atom stereocenters. The van der Waals surface area contributed by atoms with Crippen molar-refractivity contribution in [1.29, 1.82) is 0 Å². The number of nitrogens with one attached hydrogen (secondary N) is 1. The summed E-state index contributed by atoms with van der Waals surface area (Å²) in [6, 6.07) is 15.9. The molecule has 0 radical (unpaired) electrons. The highest BCUT2D eigenvalue weighted by molar-refractivity contribution is 7.99. The van der Waals surface area contributed by atoms with Gasteiger partial charge in [0.15, 0.2) is 5.16 Å². The maximum absolute atomic E-state index is 12.2. The van der Waals surface area contributed by atoms with Gasteiger partial charge >= 0.3 is 0 Å². The first-order chi connectivity index (χ1) is 11.2. The summed E-state index contributed by atoms with van der Waals surface area (Å²) in [5.41, 5.74) is 4.07. The Kier molecular flexibility index (Phi) is 4.67. The van der Waals surface area contributed by atoms with Crippen LogP contribution in [0.4, 0.5) is 5.69 Å². The van der Waals surface area contributed by atoms with Gasteiger partial charge in [-0.1, -0.05) is 49.0 Å². The molecule has 1 aromatic heterocycles.